The Kier molecular flexibility index (Phi) is 3.34. The van der Waals surface area contributed by atoms with Crippen molar-refractivity contribution in [1.29, 1.82) is 0 Å². The van der Waals surface area contributed by atoms with Gasteiger partial charge in [-0.15, -0.1) is 0 Å². The fraction of sp³-hybridized carbons (Fsp3) is 0.400. The lowest BCUT2D eigenvalue weighted by Gasteiger charge is -2.14. The Labute approximate surface area is 112 Å². The quantitative estimate of drug-likeness (QED) is 0.919. The molecule has 1 aliphatic rings. The lowest BCUT2D eigenvalue weighted by Crippen LogP contribution is -2.08. The van der Waals surface area contributed by atoms with Gasteiger partial charge in [0.05, 0.1) is 12.0 Å². The number of hydrogen-bond donors (Lipinski definition) is 1. The van der Waals surface area contributed by atoms with Gasteiger partial charge in [0.15, 0.2) is 0 Å². The zero-order valence-electron chi connectivity index (χ0n) is 10.9. The Morgan fingerprint density at radius 2 is 2.05 bits per heavy atom. The summed E-state index contributed by atoms with van der Waals surface area (Å²) < 4.78 is 15.7. The third kappa shape index (κ3) is 2.40. The molecule has 0 amide bonds. The van der Waals surface area contributed by atoms with Gasteiger partial charge in [-0.25, -0.2) is 9.37 Å². The highest BCUT2D eigenvalue weighted by Gasteiger charge is 2.16. The van der Waals surface area contributed by atoms with E-state index in [1.54, 1.807) is 12.1 Å². The highest BCUT2D eigenvalue weighted by molar-refractivity contribution is 5.40. The Bertz CT molecular complexity index is 589. The molecular weight excluding hydrogens is 241 g/mol. The van der Waals surface area contributed by atoms with Crippen LogP contribution in [0.15, 0.2) is 24.5 Å². The molecule has 100 valence electrons. The van der Waals surface area contributed by atoms with Crippen molar-refractivity contribution in [3.8, 4) is 5.69 Å². The molecule has 3 nitrogen and oxygen atoms in total. The lowest BCUT2D eigenvalue weighted by molar-refractivity contribution is 0.622. The standard InChI is InChI=1S/C15H18FN3/c16-12-7-11(5-6-17)8-13(9-12)19-10-18-14-3-1-2-4-15(14)19/h7-10H,1-6,17H2. The number of aryl methyl sites for hydroxylation is 1. The Balaban J connectivity index is 2.04. The van der Waals surface area contributed by atoms with E-state index in [0.29, 0.717) is 13.0 Å². The van der Waals surface area contributed by atoms with Gasteiger partial charge in [0, 0.05) is 11.4 Å². The van der Waals surface area contributed by atoms with Crippen molar-refractivity contribution in [3.05, 3.63) is 47.3 Å². The highest BCUT2D eigenvalue weighted by Crippen LogP contribution is 2.24. The molecule has 1 aliphatic carbocycles. The van der Waals surface area contributed by atoms with Crippen LogP contribution in [-0.4, -0.2) is 16.1 Å². The van der Waals surface area contributed by atoms with Crippen LogP contribution in [0.1, 0.15) is 29.8 Å². The summed E-state index contributed by atoms with van der Waals surface area (Å²) in [5.41, 5.74) is 9.74. The minimum Gasteiger partial charge on any atom is -0.330 e. The number of fused-ring (bicyclic) bond motifs is 1. The maximum atomic E-state index is 13.7. The first-order valence-electron chi connectivity index (χ1n) is 6.83. The summed E-state index contributed by atoms with van der Waals surface area (Å²) in [7, 11) is 0. The van der Waals surface area contributed by atoms with Gasteiger partial charge in [-0.05, 0) is 62.4 Å². The molecule has 0 fully saturated rings. The molecular formula is C15H18FN3. The second-order valence-corrected chi connectivity index (χ2v) is 5.07. The fourth-order valence-electron chi connectivity index (χ4n) is 2.78. The van der Waals surface area contributed by atoms with Crippen LogP contribution in [0.4, 0.5) is 4.39 Å². The van der Waals surface area contributed by atoms with Gasteiger partial charge < -0.3 is 10.3 Å². The van der Waals surface area contributed by atoms with Gasteiger partial charge in [-0.2, -0.15) is 0 Å². The van der Waals surface area contributed by atoms with E-state index in [4.69, 9.17) is 5.73 Å². The average Bonchev–Trinajstić information content (AvgIpc) is 2.82. The van der Waals surface area contributed by atoms with E-state index in [0.717, 1.165) is 29.8 Å². The summed E-state index contributed by atoms with van der Waals surface area (Å²) in [6.45, 7) is 0.533. The summed E-state index contributed by atoms with van der Waals surface area (Å²) in [6.07, 6.45) is 6.96. The molecule has 2 aromatic rings. The highest BCUT2D eigenvalue weighted by atomic mass is 19.1. The minimum absolute atomic E-state index is 0.209. The first kappa shape index (κ1) is 12.4. The molecule has 1 aromatic carbocycles. The van der Waals surface area contributed by atoms with Gasteiger partial charge in [0.25, 0.3) is 0 Å². The molecule has 0 aliphatic heterocycles. The monoisotopic (exact) mass is 259 g/mol. The van der Waals surface area contributed by atoms with Crippen LogP contribution >= 0.6 is 0 Å². The van der Waals surface area contributed by atoms with Crippen molar-refractivity contribution in [2.45, 2.75) is 32.1 Å². The topological polar surface area (TPSA) is 43.8 Å². The molecule has 1 heterocycles. The smallest absolute Gasteiger partial charge is 0.125 e. The van der Waals surface area contributed by atoms with Gasteiger partial charge in [0.1, 0.15) is 5.82 Å². The predicted octanol–water partition coefficient (Wildman–Crippen LogP) is 2.39. The number of rotatable bonds is 3. The second kappa shape index (κ2) is 5.13. The summed E-state index contributed by atoms with van der Waals surface area (Å²) in [6, 6.07) is 5.13. The number of imidazole rings is 1. The third-order valence-corrected chi connectivity index (χ3v) is 3.68. The van der Waals surface area contributed by atoms with Crippen LogP contribution < -0.4 is 5.73 Å². The van der Waals surface area contributed by atoms with Crippen LogP contribution in [0.5, 0.6) is 0 Å². The van der Waals surface area contributed by atoms with Crippen molar-refractivity contribution in [3.63, 3.8) is 0 Å². The van der Waals surface area contributed by atoms with E-state index in [2.05, 4.69) is 4.98 Å². The van der Waals surface area contributed by atoms with Crippen LogP contribution in [0.25, 0.3) is 5.69 Å². The Hall–Kier alpha value is -1.68. The van der Waals surface area contributed by atoms with Crippen LogP contribution in [0, 0.1) is 5.82 Å². The molecule has 1 aromatic heterocycles. The maximum absolute atomic E-state index is 13.7. The summed E-state index contributed by atoms with van der Waals surface area (Å²) in [5, 5.41) is 0. The van der Waals surface area contributed by atoms with Crippen molar-refractivity contribution in [1.82, 2.24) is 9.55 Å². The first-order chi connectivity index (χ1) is 9.28. The molecule has 0 atom stereocenters. The second-order valence-electron chi connectivity index (χ2n) is 5.07. The van der Waals surface area contributed by atoms with Crippen molar-refractivity contribution in [2.24, 2.45) is 5.73 Å². The molecule has 3 rings (SSSR count). The van der Waals surface area contributed by atoms with E-state index < -0.39 is 0 Å². The predicted molar refractivity (Wildman–Crippen MR) is 72.9 cm³/mol. The molecule has 0 unspecified atom stereocenters. The van der Waals surface area contributed by atoms with E-state index in [1.165, 1.54) is 18.5 Å². The molecule has 0 saturated carbocycles. The van der Waals surface area contributed by atoms with Crippen LogP contribution in [-0.2, 0) is 19.3 Å². The molecule has 0 saturated heterocycles. The van der Waals surface area contributed by atoms with E-state index >= 15 is 0 Å². The van der Waals surface area contributed by atoms with E-state index in [1.807, 2.05) is 17.0 Å². The SMILES string of the molecule is NCCc1cc(F)cc(-n2cnc3c2CCCC3)c1. The summed E-state index contributed by atoms with van der Waals surface area (Å²) in [5.74, 6) is -0.209. The molecule has 0 spiro atoms. The molecule has 2 N–H and O–H groups in total. The molecule has 4 heteroatoms. The van der Waals surface area contributed by atoms with Gasteiger partial charge in [-0.3, -0.25) is 0 Å². The normalized spacial score (nSPS) is 14.4. The first-order valence-corrected chi connectivity index (χ1v) is 6.83. The number of nitrogens with two attached hydrogens (primary N) is 1. The van der Waals surface area contributed by atoms with Crippen molar-refractivity contribution >= 4 is 0 Å². The average molecular weight is 259 g/mol. The zero-order valence-corrected chi connectivity index (χ0v) is 10.9. The number of halogens is 1. The minimum atomic E-state index is -0.209. The fourth-order valence-corrected chi connectivity index (χ4v) is 2.78. The van der Waals surface area contributed by atoms with Crippen LogP contribution in [0.3, 0.4) is 0 Å². The van der Waals surface area contributed by atoms with Gasteiger partial charge >= 0.3 is 0 Å². The van der Waals surface area contributed by atoms with Crippen molar-refractivity contribution < 1.29 is 4.39 Å². The molecule has 0 bridgehead atoms. The number of hydrogen-bond acceptors (Lipinski definition) is 2. The van der Waals surface area contributed by atoms with Crippen molar-refractivity contribution in [2.75, 3.05) is 6.54 Å². The number of aromatic nitrogens is 2. The molecule has 19 heavy (non-hydrogen) atoms. The summed E-state index contributed by atoms with van der Waals surface area (Å²) in [4.78, 5) is 4.45. The van der Waals surface area contributed by atoms with Crippen LogP contribution in [0.2, 0.25) is 0 Å². The lowest BCUT2D eigenvalue weighted by atomic mass is 10.0. The Morgan fingerprint density at radius 3 is 2.89 bits per heavy atom. The summed E-state index contributed by atoms with van der Waals surface area (Å²) >= 11 is 0. The van der Waals surface area contributed by atoms with E-state index in [-0.39, 0.29) is 5.82 Å². The van der Waals surface area contributed by atoms with E-state index in [9.17, 15) is 4.39 Å². The molecule has 0 radical (unpaired) electrons. The maximum Gasteiger partial charge on any atom is 0.125 e. The van der Waals surface area contributed by atoms with Gasteiger partial charge in [0.2, 0.25) is 0 Å². The zero-order chi connectivity index (χ0) is 13.2. The third-order valence-electron chi connectivity index (χ3n) is 3.68. The van der Waals surface area contributed by atoms with Gasteiger partial charge in [-0.1, -0.05) is 0 Å². The number of benzene rings is 1. The Morgan fingerprint density at radius 1 is 1.21 bits per heavy atom. The number of nitrogens with zero attached hydrogens (tertiary/aromatic N) is 2. The largest absolute Gasteiger partial charge is 0.330 e.